The van der Waals surface area contributed by atoms with Crippen LogP contribution in [0.5, 0.6) is 0 Å². The Morgan fingerprint density at radius 2 is 2.19 bits per heavy atom. The number of carbonyl (C=O) groups excluding carboxylic acids is 1. The van der Waals surface area contributed by atoms with Crippen LogP contribution in [0.25, 0.3) is 0 Å². The minimum atomic E-state index is -0.0568. The van der Waals surface area contributed by atoms with E-state index in [-0.39, 0.29) is 5.91 Å². The van der Waals surface area contributed by atoms with Gasteiger partial charge in [0, 0.05) is 24.1 Å². The van der Waals surface area contributed by atoms with E-state index in [2.05, 4.69) is 26.3 Å². The van der Waals surface area contributed by atoms with Crippen LogP contribution in [0.4, 0.5) is 0 Å². The molecular weight excluding hydrogens is 270 g/mol. The van der Waals surface area contributed by atoms with Crippen LogP contribution in [0.1, 0.15) is 36.2 Å². The maximum atomic E-state index is 11.8. The summed E-state index contributed by atoms with van der Waals surface area (Å²) >= 11 is 3.60. The van der Waals surface area contributed by atoms with Crippen molar-refractivity contribution in [1.29, 1.82) is 0 Å². The van der Waals surface area contributed by atoms with Crippen molar-refractivity contribution in [2.24, 2.45) is 7.05 Å². The Bertz CT molecular complexity index is 369. The summed E-state index contributed by atoms with van der Waals surface area (Å²) in [6.45, 7) is 0. The minimum absolute atomic E-state index is 0.0568. The number of aromatic nitrogens is 2. The quantitative estimate of drug-likeness (QED) is 0.843. The Morgan fingerprint density at radius 1 is 1.50 bits per heavy atom. The van der Waals surface area contributed by atoms with Crippen molar-refractivity contribution in [3.05, 3.63) is 18.0 Å². The van der Waals surface area contributed by atoms with Gasteiger partial charge in [0.05, 0.1) is 0 Å². The lowest BCUT2D eigenvalue weighted by atomic mass is 9.95. The molecule has 0 radical (unpaired) electrons. The van der Waals surface area contributed by atoms with E-state index in [1.54, 1.807) is 16.9 Å². The summed E-state index contributed by atoms with van der Waals surface area (Å²) in [6, 6.07) is 2.05. The number of carbonyl (C=O) groups is 1. The van der Waals surface area contributed by atoms with Gasteiger partial charge in [-0.25, -0.2) is 0 Å². The number of nitrogens with zero attached hydrogens (tertiary/aromatic N) is 2. The summed E-state index contributed by atoms with van der Waals surface area (Å²) in [7, 11) is 1.81. The number of nitrogens with one attached hydrogen (secondary N) is 1. The number of rotatable bonds is 2. The van der Waals surface area contributed by atoms with Crippen LogP contribution >= 0.6 is 15.9 Å². The lowest BCUT2D eigenvalue weighted by Crippen LogP contribution is -2.38. The van der Waals surface area contributed by atoms with Gasteiger partial charge in [-0.3, -0.25) is 9.48 Å². The Labute approximate surface area is 104 Å². The van der Waals surface area contributed by atoms with Gasteiger partial charge in [-0.2, -0.15) is 5.10 Å². The molecule has 0 aliphatic heterocycles. The van der Waals surface area contributed by atoms with Crippen LogP contribution in [0.3, 0.4) is 0 Å². The standard InChI is InChI=1S/C11H16BrN3O/c1-15-7-6-10(14-15)11(16)13-9-4-2-8(12)3-5-9/h6-9H,2-5H2,1H3,(H,13,16). The third-order valence-electron chi connectivity index (χ3n) is 2.94. The lowest BCUT2D eigenvalue weighted by Gasteiger charge is -2.25. The highest BCUT2D eigenvalue weighted by molar-refractivity contribution is 9.09. The maximum Gasteiger partial charge on any atom is 0.271 e. The van der Waals surface area contributed by atoms with E-state index in [0.29, 0.717) is 16.6 Å². The molecule has 1 N–H and O–H groups in total. The van der Waals surface area contributed by atoms with Crippen LogP contribution in [-0.2, 0) is 7.05 Å². The maximum absolute atomic E-state index is 11.8. The largest absolute Gasteiger partial charge is 0.348 e. The average molecular weight is 286 g/mol. The summed E-state index contributed by atoms with van der Waals surface area (Å²) < 4.78 is 1.64. The highest BCUT2D eigenvalue weighted by Crippen LogP contribution is 2.24. The number of alkyl halides is 1. The number of hydrogen-bond donors (Lipinski definition) is 1. The van der Waals surface area contributed by atoms with Gasteiger partial charge in [0.15, 0.2) is 0 Å². The Kier molecular flexibility index (Phi) is 3.63. The summed E-state index contributed by atoms with van der Waals surface area (Å²) in [5, 5.41) is 7.12. The molecule has 5 heteroatoms. The number of halogens is 1. The van der Waals surface area contributed by atoms with Crippen molar-refractivity contribution >= 4 is 21.8 Å². The van der Waals surface area contributed by atoms with Crippen LogP contribution in [0.15, 0.2) is 12.3 Å². The summed E-state index contributed by atoms with van der Waals surface area (Å²) in [5.41, 5.74) is 0.503. The zero-order chi connectivity index (χ0) is 11.5. The van der Waals surface area contributed by atoms with E-state index in [0.717, 1.165) is 25.7 Å². The van der Waals surface area contributed by atoms with Crippen molar-refractivity contribution in [1.82, 2.24) is 15.1 Å². The number of aryl methyl sites for hydroxylation is 1. The molecule has 88 valence electrons. The molecule has 2 rings (SSSR count). The van der Waals surface area contributed by atoms with Crippen LogP contribution in [-0.4, -0.2) is 26.6 Å². The van der Waals surface area contributed by atoms with Crippen molar-refractivity contribution in [2.45, 2.75) is 36.6 Å². The van der Waals surface area contributed by atoms with Crippen LogP contribution in [0.2, 0.25) is 0 Å². The fourth-order valence-corrected chi connectivity index (χ4v) is 2.52. The molecule has 1 aromatic rings. The zero-order valence-electron chi connectivity index (χ0n) is 9.32. The predicted molar refractivity (Wildman–Crippen MR) is 65.6 cm³/mol. The second-order valence-electron chi connectivity index (χ2n) is 4.30. The molecule has 0 unspecified atom stereocenters. The van der Waals surface area contributed by atoms with Gasteiger partial charge in [-0.1, -0.05) is 15.9 Å². The Balaban J connectivity index is 1.88. The molecule has 1 aliphatic rings. The third-order valence-corrected chi connectivity index (χ3v) is 3.85. The highest BCUT2D eigenvalue weighted by atomic mass is 79.9. The van der Waals surface area contributed by atoms with Gasteiger partial charge in [0.25, 0.3) is 5.91 Å². The van der Waals surface area contributed by atoms with Gasteiger partial charge in [0.1, 0.15) is 5.69 Å². The predicted octanol–water partition coefficient (Wildman–Crippen LogP) is 1.86. The second-order valence-corrected chi connectivity index (χ2v) is 5.59. The first kappa shape index (κ1) is 11.6. The Hall–Kier alpha value is -0.840. The van der Waals surface area contributed by atoms with Gasteiger partial charge in [-0.15, -0.1) is 0 Å². The SMILES string of the molecule is Cn1ccc(C(=O)NC2CCC(Br)CC2)n1. The molecule has 4 nitrogen and oxygen atoms in total. The zero-order valence-corrected chi connectivity index (χ0v) is 10.9. The first-order valence-electron chi connectivity index (χ1n) is 5.60. The monoisotopic (exact) mass is 285 g/mol. The van der Waals surface area contributed by atoms with E-state index in [4.69, 9.17) is 0 Å². The van der Waals surface area contributed by atoms with Crippen LogP contribution in [0, 0.1) is 0 Å². The first-order valence-corrected chi connectivity index (χ1v) is 6.51. The molecule has 1 amide bonds. The molecule has 0 aromatic carbocycles. The molecule has 1 saturated carbocycles. The second kappa shape index (κ2) is 4.99. The van der Waals surface area contributed by atoms with E-state index in [9.17, 15) is 4.79 Å². The van der Waals surface area contributed by atoms with E-state index < -0.39 is 0 Å². The van der Waals surface area contributed by atoms with Crippen molar-refractivity contribution in [3.8, 4) is 0 Å². The van der Waals surface area contributed by atoms with E-state index in [1.807, 2.05) is 7.05 Å². The summed E-state index contributed by atoms with van der Waals surface area (Å²) in [6.07, 6.45) is 6.15. The average Bonchev–Trinajstić information content (AvgIpc) is 2.68. The molecule has 16 heavy (non-hydrogen) atoms. The molecule has 0 spiro atoms. The minimum Gasteiger partial charge on any atom is -0.348 e. The summed E-state index contributed by atoms with van der Waals surface area (Å²) in [5.74, 6) is -0.0568. The Morgan fingerprint density at radius 3 is 2.75 bits per heavy atom. The number of hydrogen-bond acceptors (Lipinski definition) is 2. The number of amides is 1. The van der Waals surface area contributed by atoms with Gasteiger partial charge < -0.3 is 5.32 Å². The fraction of sp³-hybridized carbons (Fsp3) is 0.636. The highest BCUT2D eigenvalue weighted by Gasteiger charge is 2.21. The van der Waals surface area contributed by atoms with Gasteiger partial charge in [0.2, 0.25) is 0 Å². The van der Waals surface area contributed by atoms with E-state index in [1.165, 1.54) is 0 Å². The molecule has 1 aliphatic carbocycles. The molecule has 0 atom stereocenters. The molecule has 1 heterocycles. The summed E-state index contributed by atoms with van der Waals surface area (Å²) in [4.78, 5) is 12.4. The smallest absolute Gasteiger partial charge is 0.271 e. The van der Waals surface area contributed by atoms with E-state index >= 15 is 0 Å². The fourth-order valence-electron chi connectivity index (χ4n) is 1.99. The molecule has 1 aromatic heterocycles. The molecule has 1 fully saturated rings. The normalized spacial score (nSPS) is 25.4. The van der Waals surface area contributed by atoms with Crippen LogP contribution < -0.4 is 5.32 Å². The van der Waals surface area contributed by atoms with Gasteiger partial charge >= 0.3 is 0 Å². The topological polar surface area (TPSA) is 46.9 Å². The molecule has 0 saturated heterocycles. The van der Waals surface area contributed by atoms with Crippen molar-refractivity contribution < 1.29 is 4.79 Å². The molecular formula is C11H16BrN3O. The lowest BCUT2D eigenvalue weighted by molar-refractivity contribution is 0.0922. The van der Waals surface area contributed by atoms with Crippen molar-refractivity contribution in [2.75, 3.05) is 0 Å². The third kappa shape index (κ3) is 2.84. The van der Waals surface area contributed by atoms with Crippen molar-refractivity contribution in [3.63, 3.8) is 0 Å². The molecule has 0 bridgehead atoms. The first-order chi connectivity index (χ1) is 7.65. The van der Waals surface area contributed by atoms with Gasteiger partial charge in [-0.05, 0) is 31.7 Å².